The second-order valence-corrected chi connectivity index (χ2v) is 7.22. The molecule has 1 aliphatic carbocycles. The van der Waals surface area contributed by atoms with E-state index >= 15 is 0 Å². The van der Waals surface area contributed by atoms with E-state index in [1.807, 2.05) is 0 Å². The number of benzene rings is 1. The number of carbonyl (C=O) groups is 1. The van der Waals surface area contributed by atoms with Crippen molar-refractivity contribution in [1.82, 2.24) is 15.0 Å². The molecule has 6 nitrogen and oxygen atoms in total. The summed E-state index contributed by atoms with van der Waals surface area (Å²) in [6.45, 7) is 3.55. The van der Waals surface area contributed by atoms with E-state index in [-0.39, 0.29) is 5.91 Å². The molecule has 26 heavy (non-hydrogen) atoms. The summed E-state index contributed by atoms with van der Waals surface area (Å²) in [5, 5.41) is 13.6. The molecule has 1 saturated carbocycles. The zero-order valence-electron chi connectivity index (χ0n) is 15.3. The van der Waals surface area contributed by atoms with Gasteiger partial charge in [-0.3, -0.25) is 4.79 Å². The molecule has 6 heteroatoms. The van der Waals surface area contributed by atoms with Gasteiger partial charge < -0.3 is 14.5 Å². The first-order valence-corrected chi connectivity index (χ1v) is 8.75. The van der Waals surface area contributed by atoms with Gasteiger partial charge in [-0.2, -0.15) is 4.98 Å². The van der Waals surface area contributed by atoms with Crippen LogP contribution < -0.4 is 0 Å². The molecule has 1 heterocycles. The maximum atomic E-state index is 12.5. The highest BCUT2D eigenvalue weighted by molar-refractivity contribution is 5.94. The first kappa shape index (κ1) is 18.2. The first-order chi connectivity index (χ1) is 12.3. The molecule has 1 aromatic carbocycles. The van der Waals surface area contributed by atoms with Crippen molar-refractivity contribution in [2.75, 3.05) is 7.05 Å². The zero-order valence-corrected chi connectivity index (χ0v) is 15.3. The minimum Gasteiger partial charge on any atom is -0.378 e. The van der Waals surface area contributed by atoms with E-state index in [4.69, 9.17) is 4.52 Å². The van der Waals surface area contributed by atoms with E-state index in [9.17, 15) is 9.90 Å². The second kappa shape index (κ2) is 7.30. The van der Waals surface area contributed by atoms with Crippen LogP contribution in [0.2, 0.25) is 0 Å². The van der Waals surface area contributed by atoms with E-state index in [2.05, 4.69) is 22.0 Å². The molecule has 3 rings (SSSR count). The van der Waals surface area contributed by atoms with Crippen LogP contribution in [0.15, 0.2) is 28.8 Å². The fourth-order valence-electron chi connectivity index (χ4n) is 2.58. The largest absolute Gasteiger partial charge is 0.378 e. The predicted molar refractivity (Wildman–Crippen MR) is 96.3 cm³/mol. The Balaban J connectivity index is 1.62. The number of hydrogen-bond acceptors (Lipinski definition) is 5. The molecule has 1 aliphatic rings. The van der Waals surface area contributed by atoms with Gasteiger partial charge in [0.2, 0.25) is 5.89 Å². The van der Waals surface area contributed by atoms with Crippen molar-refractivity contribution in [3.63, 3.8) is 0 Å². The van der Waals surface area contributed by atoms with Crippen molar-refractivity contribution >= 4 is 5.91 Å². The van der Waals surface area contributed by atoms with Gasteiger partial charge in [-0.15, -0.1) is 0 Å². The summed E-state index contributed by atoms with van der Waals surface area (Å²) in [6, 6.07) is 6.98. The van der Waals surface area contributed by atoms with Crippen molar-refractivity contribution < 1.29 is 14.4 Å². The molecule has 1 aromatic heterocycles. The normalized spacial score (nSPS) is 14.3. The minimum atomic E-state index is -1.04. The van der Waals surface area contributed by atoms with Gasteiger partial charge in [0.15, 0.2) is 5.82 Å². The fraction of sp³-hybridized carbons (Fsp3) is 0.450. The number of hydrogen-bond donors (Lipinski definition) is 1. The van der Waals surface area contributed by atoms with Crippen molar-refractivity contribution in [2.24, 2.45) is 0 Å². The molecule has 1 amide bonds. The summed E-state index contributed by atoms with van der Waals surface area (Å²) in [4.78, 5) is 18.5. The van der Waals surface area contributed by atoms with Gasteiger partial charge in [0.05, 0.1) is 6.54 Å². The van der Waals surface area contributed by atoms with E-state index < -0.39 is 5.60 Å². The average molecular weight is 353 g/mol. The van der Waals surface area contributed by atoms with E-state index in [1.165, 1.54) is 6.42 Å². The van der Waals surface area contributed by atoms with Crippen molar-refractivity contribution in [2.45, 2.75) is 51.2 Å². The average Bonchev–Trinajstić information content (AvgIpc) is 2.98. The standard InChI is InChI=1S/C20H23N3O3/c1-20(2,25)12-11-14-7-9-16(10-8-14)19(24)23(3)13-17-21-18(26-22-17)15-5-4-6-15/h7-10,15,25H,4-6,13H2,1-3H3. The molecule has 0 radical (unpaired) electrons. The maximum absolute atomic E-state index is 12.5. The third-order valence-corrected chi connectivity index (χ3v) is 4.31. The Morgan fingerprint density at radius 1 is 1.35 bits per heavy atom. The number of rotatable bonds is 4. The van der Waals surface area contributed by atoms with Crippen LogP contribution in [-0.4, -0.2) is 38.7 Å². The number of amides is 1. The molecular weight excluding hydrogens is 330 g/mol. The number of aliphatic hydroxyl groups is 1. The van der Waals surface area contributed by atoms with Crippen molar-refractivity contribution in [1.29, 1.82) is 0 Å². The van der Waals surface area contributed by atoms with Gasteiger partial charge in [0.25, 0.3) is 5.91 Å². The van der Waals surface area contributed by atoms with Crippen LogP contribution in [-0.2, 0) is 6.54 Å². The Labute approximate surface area is 153 Å². The van der Waals surface area contributed by atoms with Gasteiger partial charge >= 0.3 is 0 Å². The van der Waals surface area contributed by atoms with Gasteiger partial charge in [-0.1, -0.05) is 23.4 Å². The Morgan fingerprint density at radius 3 is 2.62 bits per heavy atom. The Hall–Kier alpha value is -2.65. The first-order valence-electron chi connectivity index (χ1n) is 8.75. The topological polar surface area (TPSA) is 79.5 Å². The molecule has 2 aromatic rings. The number of aromatic nitrogens is 2. The van der Waals surface area contributed by atoms with Gasteiger partial charge in [0, 0.05) is 24.1 Å². The van der Waals surface area contributed by atoms with Crippen LogP contribution in [0.25, 0.3) is 0 Å². The highest BCUT2D eigenvalue weighted by Crippen LogP contribution is 2.35. The lowest BCUT2D eigenvalue weighted by atomic mass is 9.85. The van der Waals surface area contributed by atoms with Crippen LogP contribution in [0.5, 0.6) is 0 Å². The summed E-state index contributed by atoms with van der Waals surface area (Å²) >= 11 is 0. The predicted octanol–water partition coefficient (Wildman–Crippen LogP) is 2.73. The lowest BCUT2D eigenvalue weighted by Gasteiger charge is -2.20. The molecule has 0 unspecified atom stereocenters. The lowest BCUT2D eigenvalue weighted by molar-refractivity contribution is 0.0780. The monoisotopic (exact) mass is 353 g/mol. The summed E-state index contributed by atoms with van der Waals surface area (Å²) in [6.07, 6.45) is 3.40. The molecule has 0 aliphatic heterocycles. The fourth-order valence-corrected chi connectivity index (χ4v) is 2.58. The van der Waals surface area contributed by atoms with Gasteiger partial charge in [0.1, 0.15) is 5.60 Å². The molecular formula is C20H23N3O3. The SMILES string of the molecule is CN(Cc1noc(C2CCC2)n1)C(=O)c1ccc(C#CC(C)(C)O)cc1. The lowest BCUT2D eigenvalue weighted by Crippen LogP contribution is -2.26. The van der Waals surface area contributed by atoms with E-state index in [0.717, 1.165) is 18.4 Å². The van der Waals surface area contributed by atoms with Gasteiger partial charge in [-0.25, -0.2) is 0 Å². The van der Waals surface area contributed by atoms with Gasteiger partial charge in [-0.05, 0) is 51.0 Å². The van der Waals surface area contributed by atoms with E-state index in [0.29, 0.717) is 29.7 Å². The maximum Gasteiger partial charge on any atom is 0.254 e. The molecule has 0 bridgehead atoms. The Bertz CT molecular complexity index is 834. The molecule has 0 saturated heterocycles. The summed E-state index contributed by atoms with van der Waals surface area (Å²) in [7, 11) is 1.71. The zero-order chi connectivity index (χ0) is 18.7. The second-order valence-electron chi connectivity index (χ2n) is 7.22. The van der Waals surface area contributed by atoms with Crippen molar-refractivity contribution in [3.8, 4) is 11.8 Å². The van der Waals surface area contributed by atoms with Crippen LogP contribution >= 0.6 is 0 Å². The Kier molecular flexibility index (Phi) is 5.10. The van der Waals surface area contributed by atoms with E-state index in [1.54, 1.807) is 50.1 Å². The Morgan fingerprint density at radius 2 is 2.04 bits per heavy atom. The highest BCUT2D eigenvalue weighted by atomic mass is 16.5. The smallest absolute Gasteiger partial charge is 0.254 e. The van der Waals surface area contributed by atoms with Crippen LogP contribution in [0.3, 0.4) is 0 Å². The highest BCUT2D eigenvalue weighted by Gasteiger charge is 2.25. The molecule has 1 N–H and O–H groups in total. The summed E-state index contributed by atoms with van der Waals surface area (Å²) < 4.78 is 5.29. The molecule has 0 atom stereocenters. The minimum absolute atomic E-state index is 0.123. The third-order valence-electron chi connectivity index (χ3n) is 4.31. The van der Waals surface area contributed by atoms with Crippen molar-refractivity contribution in [3.05, 3.63) is 47.1 Å². The van der Waals surface area contributed by atoms with Crippen LogP contribution in [0, 0.1) is 11.8 Å². The summed E-state index contributed by atoms with van der Waals surface area (Å²) in [5.74, 6) is 7.10. The molecule has 136 valence electrons. The molecule has 0 spiro atoms. The molecule has 1 fully saturated rings. The summed E-state index contributed by atoms with van der Waals surface area (Å²) in [5.41, 5.74) is 0.260. The third kappa shape index (κ3) is 4.50. The van der Waals surface area contributed by atoms with Crippen LogP contribution in [0.4, 0.5) is 0 Å². The number of nitrogens with zero attached hydrogens (tertiary/aromatic N) is 3. The van der Waals surface area contributed by atoms with Crippen LogP contribution in [0.1, 0.15) is 66.7 Å². The quantitative estimate of drug-likeness (QED) is 0.855. The number of carbonyl (C=O) groups excluding carboxylic acids is 1.